The van der Waals surface area contributed by atoms with Gasteiger partial charge < -0.3 is 38.6 Å². The lowest BCUT2D eigenvalue weighted by atomic mass is 9.45. The summed E-state index contributed by atoms with van der Waals surface area (Å²) in [6.45, 7) is 7.70. The molecule has 2 bridgehead atoms. The summed E-state index contributed by atoms with van der Waals surface area (Å²) in [5, 5.41) is 22.3. The molecule has 1 saturated carbocycles. The number of cyclic esters (lactones) is 1. The Balaban J connectivity index is 1.56. The lowest BCUT2D eigenvalue weighted by molar-refractivity contribution is -0.392. The Morgan fingerprint density at radius 2 is 1.86 bits per heavy atom. The zero-order chi connectivity index (χ0) is 25.2. The van der Waals surface area contributed by atoms with Gasteiger partial charge in [-0.3, -0.25) is 0 Å². The first-order valence-corrected chi connectivity index (χ1v) is 12.3. The van der Waals surface area contributed by atoms with Gasteiger partial charge in [-0.2, -0.15) is 0 Å². The number of ether oxygens (including phenoxy) is 6. The smallest absolute Gasteiger partial charge is 0.342 e. The molecule has 9 heteroatoms. The van der Waals surface area contributed by atoms with Gasteiger partial charge in [0.2, 0.25) is 0 Å². The van der Waals surface area contributed by atoms with Gasteiger partial charge in [0, 0.05) is 42.4 Å². The van der Waals surface area contributed by atoms with Gasteiger partial charge in [0.15, 0.2) is 0 Å². The summed E-state index contributed by atoms with van der Waals surface area (Å²) in [5.41, 5.74) is -0.872. The van der Waals surface area contributed by atoms with Crippen molar-refractivity contribution in [2.45, 2.75) is 88.9 Å². The molecule has 0 radical (unpaired) electrons. The molecule has 0 aromatic heterocycles. The Morgan fingerprint density at radius 1 is 1.11 bits per heavy atom. The Bertz CT molecular complexity index is 1130. The van der Waals surface area contributed by atoms with Crippen LogP contribution in [0.2, 0.25) is 0 Å². The number of hydrogen-bond acceptors (Lipinski definition) is 9. The summed E-state index contributed by atoms with van der Waals surface area (Å²) in [6, 6.07) is 0. The van der Waals surface area contributed by atoms with E-state index < -0.39 is 34.3 Å². The summed E-state index contributed by atoms with van der Waals surface area (Å²) >= 11 is 0. The minimum absolute atomic E-state index is 0.142. The minimum atomic E-state index is -1.32. The van der Waals surface area contributed by atoms with Gasteiger partial charge in [0.25, 0.3) is 5.97 Å². The van der Waals surface area contributed by atoms with E-state index in [0.717, 1.165) is 16.7 Å². The van der Waals surface area contributed by atoms with Gasteiger partial charge in [-0.05, 0) is 39.2 Å². The third-order valence-electron chi connectivity index (χ3n) is 9.84. The maximum atomic E-state index is 12.6. The predicted octanol–water partition coefficient (Wildman–Crippen LogP) is 2.39. The molecule has 2 saturated heterocycles. The standard InChI is InChI=1S/C26H34O9/c1-13-15-11-32-21(29)18(15)20(30-5)14-9-16-22(2)7-8-25(31-6)34-24(4,12-27)26(22,35-25)17(28)10-23(16,3)33-19(13)14/h16-17,27-28H,7-12H2,1-6H3/t16?,17-,22-,23-,24+,25+,26+/m1/s1. The van der Waals surface area contributed by atoms with Crippen molar-refractivity contribution < 1.29 is 43.4 Å². The van der Waals surface area contributed by atoms with E-state index in [-0.39, 0.29) is 31.5 Å². The summed E-state index contributed by atoms with van der Waals surface area (Å²) in [7, 11) is 3.08. The average molecular weight is 491 g/mol. The second-order valence-corrected chi connectivity index (χ2v) is 11.4. The molecule has 4 heterocycles. The van der Waals surface area contributed by atoms with Crippen molar-refractivity contribution in [2.75, 3.05) is 20.8 Å². The molecule has 4 aliphatic heterocycles. The largest absolute Gasteiger partial charge is 0.495 e. The van der Waals surface area contributed by atoms with E-state index in [1.807, 2.05) is 13.8 Å². The third kappa shape index (κ3) is 2.49. The number of benzene rings is 1. The van der Waals surface area contributed by atoms with E-state index in [1.165, 1.54) is 7.11 Å². The van der Waals surface area contributed by atoms with Crippen molar-refractivity contribution in [1.29, 1.82) is 0 Å². The number of hydrogen-bond donors (Lipinski definition) is 2. The van der Waals surface area contributed by atoms with Gasteiger partial charge in [-0.1, -0.05) is 6.92 Å². The van der Waals surface area contributed by atoms with E-state index in [4.69, 9.17) is 28.4 Å². The predicted molar refractivity (Wildman–Crippen MR) is 121 cm³/mol. The van der Waals surface area contributed by atoms with E-state index >= 15 is 0 Å². The molecule has 1 aromatic rings. The molecule has 1 spiro atoms. The first kappa shape index (κ1) is 23.5. The van der Waals surface area contributed by atoms with Crippen LogP contribution in [0.4, 0.5) is 0 Å². The Morgan fingerprint density at radius 3 is 2.51 bits per heavy atom. The van der Waals surface area contributed by atoms with E-state index in [2.05, 4.69) is 6.92 Å². The van der Waals surface area contributed by atoms with Crippen LogP contribution in [0.1, 0.15) is 67.1 Å². The SMILES string of the molecule is COc1c2c(c(C)c3c1C(=O)OC3)O[C@]1(C)C[C@@H](O)[C@]34O[C@](OC)(CC[C@]3(C)C1C2)O[C@@]4(C)CO. The van der Waals surface area contributed by atoms with Crippen LogP contribution >= 0.6 is 0 Å². The summed E-state index contributed by atoms with van der Waals surface area (Å²) < 4.78 is 36.5. The molecule has 7 atom stereocenters. The zero-order valence-electron chi connectivity index (χ0n) is 21.1. The highest BCUT2D eigenvalue weighted by molar-refractivity contribution is 5.98. The van der Waals surface area contributed by atoms with Gasteiger partial charge in [0.05, 0.1) is 19.8 Å². The topological polar surface area (TPSA) is 113 Å². The molecule has 3 fully saturated rings. The average Bonchev–Trinajstić information content (AvgIpc) is 3.32. The van der Waals surface area contributed by atoms with Gasteiger partial charge in [-0.25, -0.2) is 4.79 Å². The molecule has 6 rings (SSSR count). The summed E-state index contributed by atoms with van der Waals surface area (Å²) in [5.74, 6) is -0.667. The number of carbonyl (C=O) groups excluding carboxylic acids is 1. The number of methoxy groups -OCH3 is 2. The molecule has 1 aromatic carbocycles. The molecular weight excluding hydrogens is 456 g/mol. The van der Waals surface area contributed by atoms with Crippen LogP contribution in [0.5, 0.6) is 11.5 Å². The van der Waals surface area contributed by atoms with Crippen LogP contribution < -0.4 is 9.47 Å². The lowest BCUT2D eigenvalue weighted by Gasteiger charge is -2.66. The number of aliphatic hydroxyl groups excluding tert-OH is 2. The molecule has 1 unspecified atom stereocenters. The Hall–Kier alpha value is -1.91. The van der Waals surface area contributed by atoms with Crippen LogP contribution in [0.15, 0.2) is 0 Å². The number of fused-ring (bicyclic) bond motifs is 5. The molecule has 0 amide bonds. The first-order valence-electron chi connectivity index (χ1n) is 12.3. The number of carbonyl (C=O) groups is 1. The van der Waals surface area contributed by atoms with Crippen molar-refractivity contribution in [3.05, 3.63) is 22.3 Å². The summed E-state index contributed by atoms with van der Waals surface area (Å²) in [6.07, 6.45) is 0.911. The number of esters is 1. The second kappa shape index (κ2) is 6.89. The Labute approximate surface area is 204 Å². The molecule has 1 aliphatic carbocycles. The second-order valence-electron chi connectivity index (χ2n) is 11.4. The fourth-order valence-corrected chi connectivity index (χ4v) is 8.22. The van der Waals surface area contributed by atoms with Gasteiger partial charge in [-0.15, -0.1) is 0 Å². The number of rotatable bonds is 3. The zero-order valence-corrected chi connectivity index (χ0v) is 21.1. The summed E-state index contributed by atoms with van der Waals surface area (Å²) in [4.78, 5) is 12.6. The quantitative estimate of drug-likeness (QED) is 0.617. The highest BCUT2D eigenvalue weighted by Crippen LogP contribution is 2.71. The Kier molecular flexibility index (Phi) is 4.62. The van der Waals surface area contributed by atoms with Crippen molar-refractivity contribution in [3.63, 3.8) is 0 Å². The molecular formula is C26H34O9. The highest BCUT2D eigenvalue weighted by Gasteiger charge is 2.81. The molecule has 192 valence electrons. The molecule has 2 N–H and O–H groups in total. The van der Waals surface area contributed by atoms with Crippen LogP contribution in [0.25, 0.3) is 0 Å². The highest BCUT2D eigenvalue weighted by atomic mass is 16.9. The minimum Gasteiger partial charge on any atom is -0.495 e. The van der Waals surface area contributed by atoms with Crippen molar-refractivity contribution >= 4 is 5.97 Å². The fraction of sp³-hybridized carbons (Fsp3) is 0.731. The van der Waals surface area contributed by atoms with Crippen LogP contribution in [-0.4, -0.2) is 65.9 Å². The van der Waals surface area contributed by atoms with Crippen molar-refractivity contribution in [2.24, 2.45) is 11.3 Å². The molecule has 9 nitrogen and oxygen atoms in total. The van der Waals surface area contributed by atoms with Crippen LogP contribution in [0.3, 0.4) is 0 Å². The number of aliphatic hydroxyl groups is 2. The normalized spacial score (nSPS) is 45.1. The van der Waals surface area contributed by atoms with Crippen LogP contribution in [0, 0.1) is 18.3 Å². The maximum absolute atomic E-state index is 12.6. The van der Waals surface area contributed by atoms with E-state index in [9.17, 15) is 15.0 Å². The van der Waals surface area contributed by atoms with Gasteiger partial charge in [0.1, 0.15) is 40.5 Å². The van der Waals surface area contributed by atoms with Crippen molar-refractivity contribution in [1.82, 2.24) is 0 Å². The van der Waals surface area contributed by atoms with E-state index in [1.54, 1.807) is 14.0 Å². The van der Waals surface area contributed by atoms with Crippen LogP contribution in [-0.2, 0) is 32.0 Å². The fourth-order valence-electron chi connectivity index (χ4n) is 8.22. The van der Waals surface area contributed by atoms with Crippen molar-refractivity contribution in [3.8, 4) is 11.5 Å². The van der Waals surface area contributed by atoms with Gasteiger partial charge >= 0.3 is 5.97 Å². The lowest BCUT2D eigenvalue weighted by Crippen LogP contribution is -2.78. The molecule has 35 heavy (non-hydrogen) atoms. The maximum Gasteiger partial charge on any atom is 0.342 e. The van der Waals surface area contributed by atoms with E-state index in [0.29, 0.717) is 36.3 Å². The monoisotopic (exact) mass is 490 g/mol. The molecule has 5 aliphatic rings. The first-order chi connectivity index (χ1) is 16.4. The third-order valence-corrected chi connectivity index (χ3v) is 9.84.